The van der Waals surface area contributed by atoms with E-state index in [1.807, 2.05) is 6.07 Å². The van der Waals surface area contributed by atoms with Gasteiger partial charge in [0.1, 0.15) is 0 Å². The van der Waals surface area contributed by atoms with E-state index in [1.54, 1.807) is 25.5 Å². The van der Waals surface area contributed by atoms with E-state index in [0.717, 1.165) is 5.56 Å². The summed E-state index contributed by atoms with van der Waals surface area (Å²) in [4.78, 5) is 28.2. The predicted octanol–water partition coefficient (Wildman–Crippen LogP) is 1.46. The fourth-order valence-electron chi connectivity index (χ4n) is 1.44. The van der Waals surface area contributed by atoms with Crippen molar-refractivity contribution in [3.05, 3.63) is 41.2 Å². The molecule has 0 fully saturated rings. The van der Waals surface area contributed by atoms with Crippen molar-refractivity contribution < 1.29 is 14.7 Å². The second-order valence-corrected chi connectivity index (χ2v) is 4.08. The Hall–Kier alpha value is -2.17. The highest BCUT2D eigenvalue weighted by atomic mass is 16.4. The van der Waals surface area contributed by atoms with Crippen molar-refractivity contribution in [3.63, 3.8) is 0 Å². The van der Waals surface area contributed by atoms with Gasteiger partial charge in [-0.15, -0.1) is 0 Å². The van der Waals surface area contributed by atoms with Gasteiger partial charge >= 0.3 is 5.97 Å². The van der Waals surface area contributed by atoms with Gasteiger partial charge in [0.25, 0.3) is 0 Å². The summed E-state index contributed by atoms with van der Waals surface area (Å²) in [5, 5.41) is 8.83. The summed E-state index contributed by atoms with van der Waals surface area (Å²) < 4.78 is 0. The molecule has 0 aromatic carbocycles. The molecule has 1 aromatic rings. The Balaban J connectivity index is 2.80. The number of amides is 1. The lowest BCUT2D eigenvalue weighted by Crippen LogP contribution is -2.28. The minimum absolute atomic E-state index is 0.0676. The normalized spacial score (nSPS) is 11.7. The van der Waals surface area contributed by atoms with Crippen LogP contribution in [0, 0.1) is 0 Å². The number of carboxylic acids is 1. The van der Waals surface area contributed by atoms with E-state index in [0.29, 0.717) is 6.54 Å². The third-order valence-electron chi connectivity index (χ3n) is 2.69. The number of carboxylic acid groups (broad SMARTS) is 1. The maximum atomic E-state index is 12.0. The molecule has 0 bridgehead atoms. The zero-order valence-electron chi connectivity index (χ0n) is 10.7. The van der Waals surface area contributed by atoms with E-state index in [9.17, 15) is 9.59 Å². The second-order valence-electron chi connectivity index (χ2n) is 4.08. The van der Waals surface area contributed by atoms with Gasteiger partial charge in [-0.3, -0.25) is 9.78 Å². The van der Waals surface area contributed by atoms with Gasteiger partial charge < -0.3 is 10.0 Å². The third-order valence-corrected chi connectivity index (χ3v) is 2.69. The van der Waals surface area contributed by atoms with Gasteiger partial charge in [0.2, 0.25) is 5.91 Å². The minimum atomic E-state index is -1.07. The number of rotatable bonds is 4. The van der Waals surface area contributed by atoms with E-state index in [2.05, 4.69) is 4.98 Å². The van der Waals surface area contributed by atoms with Crippen molar-refractivity contribution >= 4 is 11.9 Å². The van der Waals surface area contributed by atoms with Gasteiger partial charge in [0.05, 0.1) is 0 Å². The van der Waals surface area contributed by atoms with Gasteiger partial charge in [0, 0.05) is 37.1 Å². The molecule has 5 heteroatoms. The van der Waals surface area contributed by atoms with Crippen molar-refractivity contribution in [3.8, 4) is 0 Å². The maximum Gasteiger partial charge on any atom is 0.331 e. The molecular weight excluding hydrogens is 232 g/mol. The van der Waals surface area contributed by atoms with E-state index in [-0.39, 0.29) is 17.1 Å². The molecule has 18 heavy (non-hydrogen) atoms. The van der Waals surface area contributed by atoms with Crippen molar-refractivity contribution in [1.29, 1.82) is 0 Å². The van der Waals surface area contributed by atoms with E-state index in [1.165, 1.54) is 18.7 Å². The fraction of sp³-hybridized carbons (Fsp3) is 0.308. The first-order valence-corrected chi connectivity index (χ1v) is 5.48. The summed E-state index contributed by atoms with van der Waals surface area (Å²) in [6.07, 6.45) is 3.33. The zero-order valence-corrected chi connectivity index (χ0v) is 10.7. The number of aliphatic carboxylic acids is 1. The lowest BCUT2D eigenvalue weighted by atomic mass is 10.1. The largest absolute Gasteiger partial charge is 0.478 e. The van der Waals surface area contributed by atoms with Crippen LogP contribution in [0.4, 0.5) is 0 Å². The third kappa shape index (κ3) is 3.41. The van der Waals surface area contributed by atoms with Crippen molar-refractivity contribution in [2.75, 3.05) is 7.05 Å². The molecule has 0 aliphatic carbocycles. The molecule has 1 amide bonds. The minimum Gasteiger partial charge on any atom is -0.478 e. The highest BCUT2D eigenvalue weighted by Crippen LogP contribution is 2.09. The smallest absolute Gasteiger partial charge is 0.331 e. The van der Waals surface area contributed by atoms with Crippen LogP contribution >= 0.6 is 0 Å². The van der Waals surface area contributed by atoms with Crippen molar-refractivity contribution in [2.24, 2.45) is 0 Å². The van der Waals surface area contributed by atoms with Gasteiger partial charge in [0.15, 0.2) is 0 Å². The van der Waals surface area contributed by atoms with Gasteiger partial charge in [-0.2, -0.15) is 0 Å². The average Bonchev–Trinajstić information content (AvgIpc) is 2.37. The van der Waals surface area contributed by atoms with E-state index in [4.69, 9.17) is 5.11 Å². The summed E-state index contributed by atoms with van der Waals surface area (Å²) in [5.41, 5.74) is 1.21. The Morgan fingerprint density at radius 2 is 2.00 bits per heavy atom. The molecule has 1 N–H and O–H groups in total. The topological polar surface area (TPSA) is 70.5 Å². The molecule has 0 aliphatic rings. The first kappa shape index (κ1) is 13.9. The van der Waals surface area contributed by atoms with E-state index >= 15 is 0 Å². The number of carbonyl (C=O) groups excluding carboxylic acids is 1. The Labute approximate surface area is 106 Å². The van der Waals surface area contributed by atoms with Gasteiger partial charge in [-0.25, -0.2) is 4.79 Å². The summed E-state index contributed by atoms with van der Waals surface area (Å²) in [6.45, 7) is 3.34. The van der Waals surface area contributed by atoms with Crippen LogP contribution in [-0.2, 0) is 16.1 Å². The first-order chi connectivity index (χ1) is 8.43. The Bertz CT molecular complexity index is 480. The predicted molar refractivity (Wildman–Crippen MR) is 66.7 cm³/mol. The van der Waals surface area contributed by atoms with Crippen LogP contribution in [0.25, 0.3) is 0 Å². The molecule has 0 spiro atoms. The van der Waals surface area contributed by atoms with Crippen LogP contribution in [0.15, 0.2) is 35.7 Å². The molecule has 0 radical (unpaired) electrons. The number of hydrogen-bond donors (Lipinski definition) is 1. The van der Waals surface area contributed by atoms with E-state index < -0.39 is 5.97 Å². The molecule has 1 heterocycles. The summed E-state index contributed by atoms with van der Waals surface area (Å²) in [7, 11) is 1.63. The molecule has 0 aliphatic heterocycles. The summed E-state index contributed by atoms with van der Waals surface area (Å²) >= 11 is 0. The molecule has 1 aromatic heterocycles. The van der Waals surface area contributed by atoms with Crippen LogP contribution < -0.4 is 0 Å². The molecule has 0 saturated heterocycles. The van der Waals surface area contributed by atoms with Crippen LogP contribution in [0.2, 0.25) is 0 Å². The second kappa shape index (κ2) is 5.95. The highest BCUT2D eigenvalue weighted by Gasteiger charge is 2.16. The molecule has 0 atom stereocenters. The van der Waals surface area contributed by atoms with Gasteiger partial charge in [-0.1, -0.05) is 6.07 Å². The summed E-state index contributed by atoms with van der Waals surface area (Å²) in [5.74, 6) is -1.37. The van der Waals surface area contributed by atoms with Crippen LogP contribution in [0.1, 0.15) is 19.4 Å². The lowest BCUT2D eigenvalue weighted by molar-refractivity contribution is -0.133. The molecule has 1 rings (SSSR count). The quantitative estimate of drug-likeness (QED) is 0.819. The molecule has 0 saturated carbocycles. The maximum absolute atomic E-state index is 12.0. The monoisotopic (exact) mass is 248 g/mol. The Morgan fingerprint density at radius 3 is 2.50 bits per heavy atom. The van der Waals surface area contributed by atoms with Gasteiger partial charge in [-0.05, 0) is 25.5 Å². The van der Waals surface area contributed by atoms with Crippen LogP contribution in [-0.4, -0.2) is 33.9 Å². The lowest BCUT2D eigenvalue weighted by Gasteiger charge is -2.18. The number of likely N-dealkylation sites (N-methyl/N-ethyl adjacent to an activating group) is 1. The van der Waals surface area contributed by atoms with Crippen molar-refractivity contribution in [2.45, 2.75) is 20.4 Å². The van der Waals surface area contributed by atoms with Crippen LogP contribution in [0.3, 0.4) is 0 Å². The van der Waals surface area contributed by atoms with Crippen molar-refractivity contribution in [1.82, 2.24) is 9.88 Å². The number of carbonyl (C=O) groups is 2. The Morgan fingerprint density at radius 1 is 1.33 bits per heavy atom. The average molecular weight is 248 g/mol. The molecular formula is C13H16N2O3. The first-order valence-electron chi connectivity index (χ1n) is 5.48. The number of pyridine rings is 1. The zero-order chi connectivity index (χ0) is 13.7. The molecule has 5 nitrogen and oxygen atoms in total. The number of aromatic nitrogens is 1. The fourth-order valence-corrected chi connectivity index (χ4v) is 1.44. The number of nitrogens with zero attached hydrogens (tertiary/aromatic N) is 2. The SMILES string of the molecule is C/C(C(=O)O)=C(\C)C(=O)N(C)Cc1cccnc1. The molecule has 0 unspecified atom stereocenters. The number of hydrogen-bond acceptors (Lipinski definition) is 3. The van der Waals surface area contributed by atoms with Crippen LogP contribution in [0.5, 0.6) is 0 Å². The Kier molecular flexibility index (Phi) is 4.59. The highest BCUT2D eigenvalue weighted by molar-refractivity contribution is 6.01. The molecule has 96 valence electrons. The standard InChI is InChI=1S/C13H16N2O3/c1-9(10(2)13(17)18)12(16)15(3)8-11-5-4-6-14-7-11/h4-7H,8H2,1-3H3,(H,17,18)/b10-9-. The summed E-state index contributed by atoms with van der Waals surface area (Å²) in [6, 6.07) is 3.65.